The molecule has 0 aromatic heterocycles. The van der Waals surface area contributed by atoms with Crippen LogP contribution in [0.1, 0.15) is 11.1 Å². The highest BCUT2D eigenvalue weighted by molar-refractivity contribution is 8.03. The molecule has 2 rings (SSSR count). The Morgan fingerprint density at radius 2 is 1.50 bits per heavy atom. The maximum Gasteiger partial charge on any atom is 0.317 e. The molecule has 0 atom stereocenters. The van der Waals surface area contributed by atoms with Crippen LogP contribution in [0.4, 0.5) is 0 Å². The molecule has 1 N–H and O–H groups in total. The highest BCUT2D eigenvalue weighted by atomic mass is 32.2. The van der Waals surface area contributed by atoms with Crippen molar-refractivity contribution in [2.24, 2.45) is 0 Å². The first kappa shape index (κ1) is 16.6. The van der Waals surface area contributed by atoms with E-state index in [1.54, 1.807) is 12.1 Å². The van der Waals surface area contributed by atoms with Crippen molar-refractivity contribution in [3.8, 4) is 0 Å². The number of benzene rings is 2. The van der Waals surface area contributed by atoms with Gasteiger partial charge in [0.1, 0.15) is 0 Å². The SMILES string of the molecule is C=C(NOS(=O)(=O)c1ccc(C)cc1)Sc1ccc(C)cc1. The van der Waals surface area contributed by atoms with E-state index in [0.29, 0.717) is 5.03 Å². The standard InChI is InChI=1S/C16H17NO3S2/c1-12-4-8-15(9-5-12)21-14(3)17-20-22(18,19)16-10-6-13(2)7-11-16/h4-11,17H,3H2,1-2H3. The van der Waals surface area contributed by atoms with Crippen LogP contribution in [0.3, 0.4) is 0 Å². The van der Waals surface area contributed by atoms with Crippen molar-refractivity contribution >= 4 is 21.9 Å². The molecule has 0 heterocycles. The fourth-order valence-corrected chi connectivity index (χ4v) is 3.09. The van der Waals surface area contributed by atoms with E-state index in [1.165, 1.54) is 23.9 Å². The van der Waals surface area contributed by atoms with Gasteiger partial charge in [0.25, 0.3) is 0 Å². The topological polar surface area (TPSA) is 55.4 Å². The van der Waals surface area contributed by atoms with Crippen LogP contribution < -0.4 is 5.48 Å². The van der Waals surface area contributed by atoms with E-state index in [9.17, 15) is 8.42 Å². The van der Waals surface area contributed by atoms with Crippen molar-refractivity contribution < 1.29 is 12.7 Å². The molecule has 0 unspecified atom stereocenters. The van der Waals surface area contributed by atoms with Crippen molar-refractivity contribution in [2.45, 2.75) is 23.6 Å². The zero-order valence-electron chi connectivity index (χ0n) is 12.4. The third-order valence-electron chi connectivity index (χ3n) is 2.84. The van der Waals surface area contributed by atoms with E-state index in [1.807, 2.05) is 38.1 Å². The third-order valence-corrected chi connectivity index (χ3v) is 4.83. The highest BCUT2D eigenvalue weighted by Gasteiger charge is 2.15. The Balaban J connectivity index is 1.95. The average Bonchev–Trinajstić information content (AvgIpc) is 2.48. The lowest BCUT2D eigenvalue weighted by Gasteiger charge is -2.09. The lowest BCUT2D eigenvalue weighted by Crippen LogP contribution is -2.18. The molecule has 0 amide bonds. The Morgan fingerprint density at radius 1 is 1.00 bits per heavy atom. The van der Waals surface area contributed by atoms with Crippen molar-refractivity contribution in [1.29, 1.82) is 0 Å². The molecule has 0 saturated heterocycles. The van der Waals surface area contributed by atoms with Gasteiger partial charge in [0.05, 0.1) is 9.92 Å². The number of thioether (sulfide) groups is 1. The van der Waals surface area contributed by atoms with Crippen LogP contribution >= 0.6 is 11.8 Å². The summed E-state index contributed by atoms with van der Waals surface area (Å²) in [6.07, 6.45) is 0. The normalized spacial score (nSPS) is 11.2. The van der Waals surface area contributed by atoms with Gasteiger partial charge in [-0.25, -0.2) is 5.48 Å². The van der Waals surface area contributed by atoms with Crippen molar-refractivity contribution in [1.82, 2.24) is 5.48 Å². The number of aryl methyl sites for hydroxylation is 2. The molecule has 2 aromatic carbocycles. The largest absolute Gasteiger partial charge is 0.317 e. The summed E-state index contributed by atoms with van der Waals surface area (Å²) in [6, 6.07) is 14.2. The van der Waals surface area contributed by atoms with Gasteiger partial charge in [0, 0.05) is 4.90 Å². The number of rotatable bonds is 6. The second kappa shape index (κ2) is 7.00. The van der Waals surface area contributed by atoms with Gasteiger partial charge in [-0.05, 0) is 38.1 Å². The number of hydrogen-bond acceptors (Lipinski definition) is 5. The van der Waals surface area contributed by atoms with Crippen LogP contribution in [0.5, 0.6) is 0 Å². The molecule has 0 aliphatic heterocycles. The van der Waals surface area contributed by atoms with Gasteiger partial charge < -0.3 is 0 Å². The van der Waals surface area contributed by atoms with Crippen LogP contribution in [0.2, 0.25) is 0 Å². The molecule has 2 aromatic rings. The van der Waals surface area contributed by atoms with Crippen LogP contribution in [-0.2, 0) is 14.4 Å². The summed E-state index contributed by atoms with van der Waals surface area (Å²) < 4.78 is 28.8. The monoisotopic (exact) mass is 335 g/mol. The van der Waals surface area contributed by atoms with Crippen LogP contribution in [-0.4, -0.2) is 8.42 Å². The van der Waals surface area contributed by atoms with E-state index in [-0.39, 0.29) is 4.90 Å². The maximum absolute atomic E-state index is 12.0. The fourth-order valence-electron chi connectivity index (χ4n) is 1.62. The van der Waals surface area contributed by atoms with Gasteiger partial charge in [-0.3, -0.25) is 0 Å². The quantitative estimate of drug-likeness (QED) is 0.643. The molecule has 0 saturated carbocycles. The van der Waals surface area contributed by atoms with Gasteiger partial charge in [-0.2, -0.15) is 8.42 Å². The van der Waals surface area contributed by atoms with Gasteiger partial charge in [-0.1, -0.05) is 53.7 Å². The van der Waals surface area contributed by atoms with Crippen molar-refractivity contribution in [3.05, 3.63) is 71.3 Å². The van der Waals surface area contributed by atoms with E-state index in [2.05, 4.69) is 12.1 Å². The van der Waals surface area contributed by atoms with E-state index in [4.69, 9.17) is 4.28 Å². The summed E-state index contributed by atoms with van der Waals surface area (Å²) in [5.41, 5.74) is 4.51. The summed E-state index contributed by atoms with van der Waals surface area (Å²) in [5.74, 6) is 0. The molecule has 0 aliphatic rings. The Kier molecular flexibility index (Phi) is 5.28. The molecule has 0 radical (unpaired) electrons. The highest BCUT2D eigenvalue weighted by Crippen LogP contribution is 2.24. The second-order valence-electron chi connectivity index (χ2n) is 4.79. The Labute approximate surface area is 135 Å². The summed E-state index contributed by atoms with van der Waals surface area (Å²) in [5, 5.41) is 0.388. The summed E-state index contributed by atoms with van der Waals surface area (Å²) in [7, 11) is -3.86. The van der Waals surface area contributed by atoms with Crippen LogP contribution in [0.15, 0.2) is 69.9 Å². The molecule has 22 heavy (non-hydrogen) atoms. The second-order valence-corrected chi connectivity index (χ2v) is 7.51. The first-order valence-corrected chi connectivity index (χ1v) is 8.79. The van der Waals surface area contributed by atoms with E-state index >= 15 is 0 Å². The predicted octanol–water partition coefficient (Wildman–Crippen LogP) is 3.78. The van der Waals surface area contributed by atoms with Crippen molar-refractivity contribution in [2.75, 3.05) is 0 Å². The molecule has 6 heteroatoms. The molecule has 4 nitrogen and oxygen atoms in total. The lowest BCUT2D eigenvalue weighted by atomic mass is 10.2. The number of hydroxylamine groups is 1. The summed E-state index contributed by atoms with van der Waals surface area (Å²) in [6.45, 7) is 7.63. The lowest BCUT2D eigenvalue weighted by molar-refractivity contribution is 0.246. The molecule has 0 spiro atoms. The summed E-state index contributed by atoms with van der Waals surface area (Å²) in [4.78, 5) is 1.04. The zero-order valence-corrected chi connectivity index (χ0v) is 14.0. The molecule has 0 fully saturated rings. The smallest absolute Gasteiger partial charge is 0.243 e. The fraction of sp³-hybridized carbons (Fsp3) is 0.125. The predicted molar refractivity (Wildman–Crippen MR) is 88.8 cm³/mol. The zero-order chi connectivity index (χ0) is 16.2. The maximum atomic E-state index is 12.0. The average molecular weight is 335 g/mol. The number of hydrogen-bond donors (Lipinski definition) is 1. The summed E-state index contributed by atoms with van der Waals surface area (Å²) >= 11 is 1.30. The number of nitrogens with one attached hydrogen (secondary N) is 1. The minimum Gasteiger partial charge on any atom is -0.243 e. The Hall–Kier alpha value is -1.76. The molecule has 0 aliphatic carbocycles. The van der Waals surface area contributed by atoms with E-state index in [0.717, 1.165) is 16.0 Å². The van der Waals surface area contributed by atoms with Crippen LogP contribution in [0.25, 0.3) is 0 Å². The van der Waals surface area contributed by atoms with Gasteiger partial charge in [-0.15, -0.1) is 4.28 Å². The minimum atomic E-state index is -3.86. The molecule has 0 bridgehead atoms. The molecular weight excluding hydrogens is 318 g/mol. The first-order chi connectivity index (χ1) is 10.4. The molecule has 116 valence electrons. The van der Waals surface area contributed by atoms with Gasteiger partial charge >= 0.3 is 10.1 Å². The Morgan fingerprint density at radius 3 is 2.05 bits per heavy atom. The third kappa shape index (κ3) is 4.62. The first-order valence-electron chi connectivity index (χ1n) is 6.56. The van der Waals surface area contributed by atoms with Crippen LogP contribution in [0, 0.1) is 13.8 Å². The van der Waals surface area contributed by atoms with Gasteiger partial charge in [0.15, 0.2) is 0 Å². The molecular formula is C16H17NO3S2. The Bertz CT molecular complexity index is 751. The van der Waals surface area contributed by atoms with Crippen molar-refractivity contribution in [3.63, 3.8) is 0 Å². The minimum absolute atomic E-state index is 0.0961. The van der Waals surface area contributed by atoms with E-state index < -0.39 is 10.1 Å². The van der Waals surface area contributed by atoms with Gasteiger partial charge in [0.2, 0.25) is 0 Å².